The number of rotatable bonds is 6. The lowest BCUT2D eigenvalue weighted by Crippen LogP contribution is -2.24. The van der Waals surface area contributed by atoms with E-state index in [1.807, 2.05) is 13.1 Å². The second-order valence-corrected chi connectivity index (χ2v) is 6.85. The number of nitrogens with one attached hydrogen (secondary N) is 1. The molecule has 1 fully saturated rings. The molecule has 0 aromatic rings. The molecule has 0 aromatic heterocycles. The molecule has 0 spiro atoms. The summed E-state index contributed by atoms with van der Waals surface area (Å²) < 4.78 is 4.70. The van der Waals surface area contributed by atoms with Crippen LogP contribution >= 0.6 is 0 Å². The van der Waals surface area contributed by atoms with Gasteiger partial charge in [-0.15, -0.1) is 0 Å². The van der Waals surface area contributed by atoms with Crippen LogP contribution in [-0.2, 0) is 9.53 Å². The Hall–Kier alpha value is -1.35. The third kappa shape index (κ3) is 6.27. The highest BCUT2D eigenvalue weighted by Crippen LogP contribution is 2.28. The third-order valence-electron chi connectivity index (χ3n) is 5.15. The summed E-state index contributed by atoms with van der Waals surface area (Å²) in [4.78, 5) is 11.4. The van der Waals surface area contributed by atoms with E-state index in [-0.39, 0.29) is 5.97 Å². The maximum atomic E-state index is 11.4. The molecule has 2 aliphatic rings. The van der Waals surface area contributed by atoms with Gasteiger partial charge in [0.25, 0.3) is 0 Å². The number of hydrogen-bond donors (Lipinski definition) is 1. The maximum absolute atomic E-state index is 11.4. The number of carbonyl (C=O) groups excluding carboxylic acids is 1. The molecule has 1 N–H and O–H groups in total. The molecule has 0 amide bonds. The van der Waals surface area contributed by atoms with Crippen LogP contribution in [0.5, 0.6) is 0 Å². The van der Waals surface area contributed by atoms with E-state index in [1.54, 1.807) is 0 Å². The third-order valence-corrected chi connectivity index (χ3v) is 5.15. The summed E-state index contributed by atoms with van der Waals surface area (Å²) >= 11 is 0. The number of likely N-dealkylation sites (N-methyl/N-ethyl adjacent to an activating group) is 1. The monoisotopic (exact) mass is 333 g/mol. The van der Waals surface area contributed by atoms with Crippen LogP contribution < -0.4 is 5.32 Å². The van der Waals surface area contributed by atoms with Crippen molar-refractivity contribution in [3.8, 4) is 0 Å². The van der Waals surface area contributed by atoms with Crippen molar-refractivity contribution in [2.45, 2.75) is 71.3 Å². The van der Waals surface area contributed by atoms with E-state index < -0.39 is 0 Å². The van der Waals surface area contributed by atoms with Crippen molar-refractivity contribution in [3.63, 3.8) is 0 Å². The fourth-order valence-electron chi connectivity index (χ4n) is 3.68. The normalized spacial score (nSPS) is 21.5. The highest BCUT2D eigenvalue weighted by atomic mass is 16.5. The van der Waals surface area contributed by atoms with Crippen molar-refractivity contribution in [3.05, 3.63) is 35.5 Å². The van der Waals surface area contributed by atoms with Gasteiger partial charge < -0.3 is 10.1 Å². The molecule has 2 rings (SSSR count). The minimum absolute atomic E-state index is 0.333. The van der Waals surface area contributed by atoms with Crippen molar-refractivity contribution in [2.75, 3.05) is 14.2 Å². The summed E-state index contributed by atoms with van der Waals surface area (Å²) in [5, 5.41) is 3.24. The molecule has 136 valence electrons. The smallest absolute Gasteiger partial charge is 0.337 e. The van der Waals surface area contributed by atoms with Gasteiger partial charge in [0, 0.05) is 6.04 Å². The number of methoxy groups -OCH3 is 1. The predicted octanol–water partition coefficient (Wildman–Crippen LogP) is 4.95. The minimum atomic E-state index is -0.336. The zero-order chi connectivity index (χ0) is 17.9. The van der Waals surface area contributed by atoms with Crippen LogP contribution in [0.3, 0.4) is 0 Å². The Labute approximate surface area is 148 Å². The molecule has 24 heavy (non-hydrogen) atoms. The highest BCUT2D eigenvalue weighted by Gasteiger charge is 2.21. The molecule has 0 aliphatic heterocycles. The summed E-state index contributed by atoms with van der Waals surface area (Å²) in [7, 11) is 3.31. The fourth-order valence-corrected chi connectivity index (χ4v) is 3.68. The molecule has 2 aliphatic carbocycles. The molecule has 0 radical (unpaired) electrons. The van der Waals surface area contributed by atoms with Crippen LogP contribution in [0, 0.1) is 5.92 Å². The average molecular weight is 334 g/mol. The van der Waals surface area contributed by atoms with Crippen LogP contribution in [0.2, 0.25) is 0 Å². The van der Waals surface area contributed by atoms with Crippen molar-refractivity contribution >= 4 is 5.97 Å². The van der Waals surface area contributed by atoms with Gasteiger partial charge in [-0.2, -0.15) is 0 Å². The van der Waals surface area contributed by atoms with Crippen molar-refractivity contribution in [2.24, 2.45) is 5.92 Å². The maximum Gasteiger partial charge on any atom is 0.337 e. The zero-order valence-corrected chi connectivity index (χ0v) is 16.0. The van der Waals surface area contributed by atoms with Crippen LogP contribution in [0.15, 0.2) is 35.5 Å². The minimum Gasteiger partial charge on any atom is -0.465 e. The van der Waals surface area contributed by atoms with Gasteiger partial charge in [0.1, 0.15) is 0 Å². The Balaban J connectivity index is 0.000000300. The van der Waals surface area contributed by atoms with Crippen molar-refractivity contribution < 1.29 is 9.53 Å². The quantitative estimate of drug-likeness (QED) is 0.425. The van der Waals surface area contributed by atoms with Crippen molar-refractivity contribution in [1.29, 1.82) is 0 Å². The lowest BCUT2D eigenvalue weighted by molar-refractivity contribution is -0.135. The second-order valence-electron chi connectivity index (χ2n) is 6.85. The summed E-state index contributed by atoms with van der Waals surface area (Å²) in [6.45, 7) is 8.02. The molecule has 0 bridgehead atoms. The Morgan fingerprint density at radius 2 is 2.00 bits per heavy atom. The summed E-state index contributed by atoms with van der Waals surface area (Å²) in [5.74, 6) is 0.775. The molecule has 3 nitrogen and oxygen atoms in total. The fraction of sp³-hybridized carbons (Fsp3) is 0.667. The van der Waals surface area contributed by atoms with Gasteiger partial charge in [0.2, 0.25) is 0 Å². The van der Waals surface area contributed by atoms with Crippen molar-refractivity contribution in [1.82, 2.24) is 5.32 Å². The largest absolute Gasteiger partial charge is 0.465 e. The highest BCUT2D eigenvalue weighted by molar-refractivity contribution is 5.92. The van der Waals surface area contributed by atoms with Crippen LogP contribution in [0.1, 0.15) is 65.2 Å². The van der Waals surface area contributed by atoms with E-state index in [4.69, 9.17) is 4.74 Å². The van der Waals surface area contributed by atoms with Crippen LogP contribution in [0.25, 0.3) is 0 Å². The van der Waals surface area contributed by atoms with Gasteiger partial charge in [-0.1, -0.05) is 63.7 Å². The first kappa shape index (κ1) is 20.7. The topological polar surface area (TPSA) is 38.3 Å². The zero-order valence-electron chi connectivity index (χ0n) is 16.0. The SMILES string of the molecule is C=C/C(=C\C1=C(C)CCC1NC)C(=O)OC.CCCC1CCCC1. The Kier molecular flexibility index (Phi) is 9.70. The number of allylic oxidation sites excluding steroid dienone is 1. The van der Waals surface area contributed by atoms with Gasteiger partial charge in [0.05, 0.1) is 12.7 Å². The molecule has 1 saturated carbocycles. The molecule has 0 aromatic carbocycles. The average Bonchev–Trinajstić information content (AvgIpc) is 3.23. The molecule has 1 unspecified atom stereocenters. The first-order valence-electron chi connectivity index (χ1n) is 9.36. The number of carbonyl (C=O) groups is 1. The van der Waals surface area contributed by atoms with Crippen LogP contribution in [-0.4, -0.2) is 26.2 Å². The summed E-state index contributed by atoms with van der Waals surface area (Å²) in [6, 6.07) is 0.333. The summed E-state index contributed by atoms with van der Waals surface area (Å²) in [5.41, 5.74) is 3.02. The van der Waals surface area contributed by atoms with E-state index in [2.05, 4.69) is 25.7 Å². The van der Waals surface area contributed by atoms with E-state index in [0.717, 1.165) is 18.8 Å². The number of hydrogen-bond acceptors (Lipinski definition) is 3. The molecule has 1 atom stereocenters. The molecule has 0 heterocycles. The van der Waals surface area contributed by atoms with E-state index >= 15 is 0 Å². The van der Waals surface area contributed by atoms with E-state index in [0.29, 0.717) is 11.6 Å². The van der Waals surface area contributed by atoms with E-state index in [9.17, 15) is 4.79 Å². The lowest BCUT2D eigenvalue weighted by Gasteiger charge is -2.11. The molecule has 0 saturated heterocycles. The lowest BCUT2D eigenvalue weighted by atomic mass is 10.0. The Morgan fingerprint density at radius 1 is 1.33 bits per heavy atom. The van der Waals surface area contributed by atoms with Gasteiger partial charge >= 0.3 is 5.97 Å². The number of esters is 1. The van der Waals surface area contributed by atoms with Gasteiger partial charge in [-0.05, 0) is 44.4 Å². The van der Waals surface area contributed by atoms with Gasteiger partial charge in [-0.25, -0.2) is 4.79 Å². The predicted molar refractivity (Wildman–Crippen MR) is 102 cm³/mol. The first-order chi connectivity index (χ1) is 11.6. The van der Waals surface area contributed by atoms with Crippen LogP contribution in [0.4, 0.5) is 0 Å². The Morgan fingerprint density at radius 3 is 2.50 bits per heavy atom. The summed E-state index contributed by atoms with van der Waals surface area (Å²) in [6.07, 6.45) is 14.5. The van der Waals surface area contributed by atoms with Gasteiger partial charge in [0.15, 0.2) is 0 Å². The van der Waals surface area contributed by atoms with Gasteiger partial charge in [-0.3, -0.25) is 0 Å². The second kappa shape index (κ2) is 11.2. The standard InChI is InChI=1S/C13H19NO2.C8H16/c1-5-10(13(15)16-4)8-11-9(2)6-7-12(11)14-3;1-2-5-8-6-3-4-7-8/h5,8,12,14H,1,6-7H2,2-4H3;8H,2-7H2,1H3/b10-8+;. The molecular weight excluding hydrogens is 298 g/mol. The number of ether oxygens (including phenoxy) is 1. The van der Waals surface area contributed by atoms with E-state index in [1.165, 1.54) is 62.9 Å². The first-order valence-corrected chi connectivity index (χ1v) is 9.36. The molecule has 3 heteroatoms. The molecular formula is C21H35NO2. The Bertz CT molecular complexity index is 470.